The van der Waals surface area contributed by atoms with Crippen LogP contribution in [0.5, 0.6) is 11.5 Å². The molecule has 0 aliphatic carbocycles. The second kappa shape index (κ2) is 10.2. The van der Waals surface area contributed by atoms with Gasteiger partial charge in [0.1, 0.15) is 21.3 Å². The number of hydrogen-bond acceptors (Lipinski definition) is 6. The molecule has 2 N–H and O–H groups in total. The van der Waals surface area contributed by atoms with Crippen molar-refractivity contribution in [3.63, 3.8) is 0 Å². The summed E-state index contributed by atoms with van der Waals surface area (Å²) in [5, 5.41) is 8.21. The van der Waals surface area contributed by atoms with Crippen molar-refractivity contribution in [2.75, 3.05) is 27.3 Å². The first-order valence-electron chi connectivity index (χ1n) is 10.0. The summed E-state index contributed by atoms with van der Waals surface area (Å²) >= 11 is 15.4. The summed E-state index contributed by atoms with van der Waals surface area (Å²) < 4.78 is 12.2. The van der Waals surface area contributed by atoms with E-state index >= 15 is 0 Å². The van der Waals surface area contributed by atoms with E-state index < -0.39 is 0 Å². The number of carbonyl (C=O) groups is 2. The zero-order chi connectivity index (χ0) is 23.5. The fourth-order valence-corrected chi connectivity index (χ4v) is 6.21. The van der Waals surface area contributed by atoms with Gasteiger partial charge in [0, 0.05) is 33.3 Å². The Hall–Kier alpha value is -2.52. The first-order chi connectivity index (χ1) is 15.9. The van der Waals surface area contributed by atoms with Gasteiger partial charge in [-0.1, -0.05) is 23.2 Å². The Labute approximate surface area is 208 Å². The van der Waals surface area contributed by atoms with Gasteiger partial charge in [-0.15, -0.1) is 22.7 Å². The van der Waals surface area contributed by atoms with Gasteiger partial charge < -0.3 is 20.1 Å². The lowest BCUT2D eigenvalue weighted by molar-refractivity contribution is 0.0956. The van der Waals surface area contributed by atoms with E-state index in [0.717, 1.165) is 20.2 Å². The van der Waals surface area contributed by atoms with E-state index in [9.17, 15) is 9.59 Å². The van der Waals surface area contributed by atoms with E-state index in [4.69, 9.17) is 32.7 Å². The van der Waals surface area contributed by atoms with E-state index in [-0.39, 0.29) is 11.8 Å². The summed E-state index contributed by atoms with van der Waals surface area (Å²) in [6, 6.07) is 11.0. The molecule has 0 radical (unpaired) electrons. The maximum atomic E-state index is 12.6. The molecule has 10 heteroatoms. The predicted octanol–water partition coefficient (Wildman–Crippen LogP) is 5.99. The number of benzene rings is 2. The summed E-state index contributed by atoms with van der Waals surface area (Å²) in [5.41, 5.74) is 0. The molecule has 6 nitrogen and oxygen atoms in total. The van der Waals surface area contributed by atoms with E-state index in [1.807, 2.05) is 36.4 Å². The Balaban J connectivity index is 1.31. The number of methoxy groups -OCH3 is 2. The number of rotatable bonds is 8. The molecule has 4 rings (SSSR count). The molecule has 2 aromatic carbocycles. The van der Waals surface area contributed by atoms with Gasteiger partial charge >= 0.3 is 0 Å². The van der Waals surface area contributed by atoms with Crippen molar-refractivity contribution in [3.05, 3.63) is 56.2 Å². The Morgan fingerprint density at radius 2 is 1.21 bits per heavy atom. The maximum absolute atomic E-state index is 12.6. The summed E-state index contributed by atoms with van der Waals surface area (Å²) in [5.74, 6) is 0.933. The van der Waals surface area contributed by atoms with Crippen LogP contribution < -0.4 is 20.1 Å². The molecular weight excluding hydrogens is 503 g/mol. The van der Waals surface area contributed by atoms with Crippen LogP contribution in [0.25, 0.3) is 20.2 Å². The fraction of sp³-hybridized carbons (Fsp3) is 0.217. The Morgan fingerprint density at radius 3 is 1.61 bits per heavy atom. The van der Waals surface area contributed by atoms with Crippen LogP contribution in [-0.2, 0) is 0 Å². The van der Waals surface area contributed by atoms with Crippen molar-refractivity contribution in [1.29, 1.82) is 0 Å². The van der Waals surface area contributed by atoms with Crippen LogP contribution in [0.15, 0.2) is 36.4 Å². The van der Waals surface area contributed by atoms with Crippen LogP contribution in [0.4, 0.5) is 0 Å². The highest BCUT2D eigenvalue weighted by molar-refractivity contribution is 7.22. The van der Waals surface area contributed by atoms with Crippen LogP contribution >= 0.6 is 45.9 Å². The topological polar surface area (TPSA) is 76.7 Å². The van der Waals surface area contributed by atoms with Gasteiger partial charge in [0.15, 0.2) is 0 Å². The molecule has 2 amide bonds. The second-order valence-electron chi connectivity index (χ2n) is 7.08. The summed E-state index contributed by atoms with van der Waals surface area (Å²) in [6.45, 7) is 0.786. The number of hydrogen-bond donors (Lipinski definition) is 2. The number of nitrogens with one attached hydrogen (secondary N) is 2. The maximum Gasteiger partial charge on any atom is 0.262 e. The van der Waals surface area contributed by atoms with E-state index in [1.54, 1.807) is 14.2 Å². The van der Waals surface area contributed by atoms with Crippen molar-refractivity contribution in [2.24, 2.45) is 0 Å². The molecule has 0 aliphatic rings. The number of carbonyl (C=O) groups excluding carboxylic acids is 2. The normalized spacial score (nSPS) is 11.0. The Bertz CT molecular complexity index is 1250. The first-order valence-corrected chi connectivity index (χ1v) is 12.4. The van der Waals surface area contributed by atoms with Gasteiger partial charge in [0.05, 0.1) is 24.3 Å². The number of thiophene rings is 2. The molecule has 0 saturated heterocycles. The molecule has 172 valence electrons. The van der Waals surface area contributed by atoms with Crippen LogP contribution in [-0.4, -0.2) is 39.1 Å². The molecule has 2 aromatic heterocycles. The minimum absolute atomic E-state index is 0.243. The van der Waals surface area contributed by atoms with E-state index in [2.05, 4.69) is 10.6 Å². The van der Waals surface area contributed by atoms with Crippen molar-refractivity contribution in [2.45, 2.75) is 6.42 Å². The van der Waals surface area contributed by atoms with Crippen molar-refractivity contribution < 1.29 is 19.1 Å². The highest BCUT2D eigenvalue weighted by Crippen LogP contribution is 2.38. The number of ether oxygens (including phenoxy) is 2. The third-order valence-corrected chi connectivity index (χ3v) is 8.32. The first kappa shape index (κ1) is 23.6. The van der Waals surface area contributed by atoms with Crippen LogP contribution in [0.3, 0.4) is 0 Å². The molecule has 0 atom stereocenters. The molecule has 0 saturated carbocycles. The van der Waals surface area contributed by atoms with E-state index in [0.29, 0.717) is 50.8 Å². The molecule has 33 heavy (non-hydrogen) atoms. The third kappa shape index (κ3) is 4.89. The molecule has 0 unspecified atom stereocenters. The molecule has 0 fully saturated rings. The van der Waals surface area contributed by atoms with Gasteiger partial charge in [-0.05, 0) is 42.8 Å². The van der Waals surface area contributed by atoms with Crippen molar-refractivity contribution >= 4 is 77.9 Å². The van der Waals surface area contributed by atoms with Gasteiger partial charge in [0.2, 0.25) is 0 Å². The van der Waals surface area contributed by atoms with Crippen LogP contribution in [0.1, 0.15) is 25.8 Å². The lowest BCUT2D eigenvalue weighted by Gasteiger charge is -2.06. The standard InChI is InChI=1S/C23H20Cl2N2O4S2/c1-30-12-4-6-14-16(10-12)32-20(18(14)24)22(28)26-8-3-9-27-23(29)21-19(25)15-7-5-13(31-2)11-17(15)33-21/h4-7,10-11H,3,8-9H2,1-2H3,(H,26,28)(H,27,29). The smallest absolute Gasteiger partial charge is 0.262 e. The fourth-order valence-electron chi connectivity index (χ4n) is 3.29. The number of fused-ring (bicyclic) bond motifs is 2. The highest BCUT2D eigenvalue weighted by atomic mass is 35.5. The molecular formula is C23H20Cl2N2O4S2. The number of halogens is 2. The monoisotopic (exact) mass is 522 g/mol. The highest BCUT2D eigenvalue weighted by Gasteiger charge is 2.19. The minimum Gasteiger partial charge on any atom is -0.497 e. The lowest BCUT2D eigenvalue weighted by atomic mass is 10.2. The quantitative estimate of drug-likeness (QED) is 0.278. The van der Waals surface area contributed by atoms with Gasteiger partial charge in [-0.2, -0.15) is 0 Å². The molecule has 0 spiro atoms. The van der Waals surface area contributed by atoms with E-state index in [1.165, 1.54) is 22.7 Å². The molecule has 4 aromatic rings. The second-order valence-corrected chi connectivity index (χ2v) is 9.94. The third-order valence-electron chi connectivity index (χ3n) is 5.01. The number of amides is 2. The average Bonchev–Trinajstić information content (AvgIpc) is 3.34. The Kier molecular flexibility index (Phi) is 7.29. The minimum atomic E-state index is -0.243. The predicted molar refractivity (Wildman–Crippen MR) is 136 cm³/mol. The van der Waals surface area contributed by atoms with Gasteiger partial charge in [0.25, 0.3) is 11.8 Å². The SMILES string of the molecule is COc1ccc2c(Cl)c(C(=O)NCCCNC(=O)c3sc4cc(OC)ccc4c3Cl)sc2c1. The van der Waals surface area contributed by atoms with Crippen molar-refractivity contribution in [3.8, 4) is 11.5 Å². The summed E-state index contributed by atoms with van der Waals surface area (Å²) in [6.07, 6.45) is 0.560. The lowest BCUT2D eigenvalue weighted by Crippen LogP contribution is -2.29. The molecule has 0 bridgehead atoms. The average molecular weight is 523 g/mol. The largest absolute Gasteiger partial charge is 0.497 e. The summed E-state index contributed by atoms with van der Waals surface area (Å²) in [4.78, 5) is 26.1. The summed E-state index contributed by atoms with van der Waals surface area (Å²) in [7, 11) is 3.18. The van der Waals surface area contributed by atoms with Gasteiger partial charge in [-0.25, -0.2) is 0 Å². The molecule has 0 aliphatic heterocycles. The Morgan fingerprint density at radius 1 is 0.788 bits per heavy atom. The zero-order valence-electron chi connectivity index (χ0n) is 17.8. The molecule has 2 heterocycles. The van der Waals surface area contributed by atoms with Crippen LogP contribution in [0.2, 0.25) is 10.0 Å². The van der Waals surface area contributed by atoms with Crippen LogP contribution in [0, 0.1) is 0 Å². The zero-order valence-corrected chi connectivity index (χ0v) is 20.9. The van der Waals surface area contributed by atoms with Gasteiger partial charge in [-0.3, -0.25) is 9.59 Å². The van der Waals surface area contributed by atoms with Crippen molar-refractivity contribution in [1.82, 2.24) is 10.6 Å².